The normalized spacial score (nSPS) is 14.7. The van der Waals surface area contributed by atoms with Gasteiger partial charge in [0, 0.05) is 32.6 Å². The Kier molecular flexibility index (Phi) is 6.61. The van der Waals surface area contributed by atoms with Gasteiger partial charge in [0.05, 0.1) is 27.5 Å². The molecule has 2 heterocycles. The van der Waals surface area contributed by atoms with Crippen LogP contribution in [0.3, 0.4) is 0 Å². The number of fused-ring (bicyclic) bond motifs is 1. The Bertz CT molecular complexity index is 1200. The van der Waals surface area contributed by atoms with Gasteiger partial charge in [-0.1, -0.05) is 11.3 Å². The molecule has 0 aliphatic carbocycles. The van der Waals surface area contributed by atoms with E-state index >= 15 is 0 Å². The molecule has 1 saturated heterocycles. The fourth-order valence-corrected chi connectivity index (χ4v) is 5.85. The van der Waals surface area contributed by atoms with Crippen molar-refractivity contribution in [3.05, 3.63) is 48.3 Å². The summed E-state index contributed by atoms with van der Waals surface area (Å²) in [6.07, 6.45) is -0.0962. The maximum Gasteiger partial charge on any atom is 0.223 e. The zero-order valence-electron chi connectivity index (χ0n) is 17.7. The van der Waals surface area contributed by atoms with Gasteiger partial charge in [-0.05, 0) is 49.4 Å². The molecule has 170 valence electrons. The molecule has 0 saturated carbocycles. The zero-order chi connectivity index (χ0) is 22.7. The number of sulfone groups is 1. The van der Waals surface area contributed by atoms with E-state index in [1.807, 2.05) is 25.1 Å². The van der Waals surface area contributed by atoms with Crippen LogP contribution >= 0.6 is 11.3 Å². The lowest BCUT2D eigenvalue weighted by Gasteiger charge is -2.34. The fourth-order valence-electron chi connectivity index (χ4n) is 3.57. The van der Waals surface area contributed by atoms with E-state index in [0.29, 0.717) is 32.8 Å². The predicted molar refractivity (Wildman–Crippen MR) is 123 cm³/mol. The van der Waals surface area contributed by atoms with Crippen LogP contribution in [0.1, 0.15) is 13.3 Å². The predicted octanol–water partition coefficient (Wildman–Crippen LogP) is 3.35. The standard InChI is InChI=1S/C22H24FN3O4S2/c1-2-30-17-5-8-19-20(15-17)31-22(24-19)26-12-10-25(11-13-26)21(27)9-14-32(28,29)18-6-3-16(23)4-7-18/h3-8,15H,2,9-14H2,1H3. The lowest BCUT2D eigenvalue weighted by molar-refractivity contribution is -0.131. The summed E-state index contributed by atoms with van der Waals surface area (Å²) < 4.78 is 44.4. The molecule has 1 aromatic heterocycles. The van der Waals surface area contributed by atoms with E-state index in [9.17, 15) is 17.6 Å². The minimum absolute atomic E-state index is 0.0276. The lowest BCUT2D eigenvalue weighted by atomic mass is 10.3. The van der Waals surface area contributed by atoms with Crippen molar-refractivity contribution in [3.8, 4) is 5.75 Å². The van der Waals surface area contributed by atoms with Crippen molar-refractivity contribution in [2.75, 3.05) is 43.4 Å². The molecule has 2 aromatic carbocycles. The maximum absolute atomic E-state index is 13.0. The number of benzene rings is 2. The highest BCUT2D eigenvalue weighted by atomic mass is 32.2. The quantitative estimate of drug-likeness (QED) is 0.486. The Hall–Kier alpha value is -2.72. The summed E-state index contributed by atoms with van der Waals surface area (Å²) in [6.45, 7) is 4.84. The second-order valence-corrected chi connectivity index (χ2v) is 10.6. The first-order chi connectivity index (χ1) is 15.4. The van der Waals surface area contributed by atoms with Crippen LogP contribution in [0.25, 0.3) is 10.2 Å². The highest BCUT2D eigenvalue weighted by molar-refractivity contribution is 7.91. The van der Waals surface area contributed by atoms with Gasteiger partial charge in [-0.25, -0.2) is 17.8 Å². The summed E-state index contributed by atoms with van der Waals surface area (Å²) in [6, 6.07) is 10.5. The Morgan fingerprint density at radius 3 is 2.53 bits per heavy atom. The number of thiazole rings is 1. The van der Waals surface area contributed by atoms with E-state index < -0.39 is 15.7 Å². The molecule has 7 nitrogen and oxygen atoms in total. The van der Waals surface area contributed by atoms with Crippen LogP contribution in [-0.4, -0.2) is 62.7 Å². The van der Waals surface area contributed by atoms with Crippen LogP contribution < -0.4 is 9.64 Å². The molecule has 1 amide bonds. The number of carbonyl (C=O) groups excluding carboxylic acids is 1. The van der Waals surface area contributed by atoms with Crippen molar-refractivity contribution < 1.29 is 22.3 Å². The lowest BCUT2D eigenvalue weighted by Crippen LogP contribution is -2.49. The third kappa shape index (κ3) is 5.02. The van der Waals surface area contributed by atoms with Gasteiger partial charge in [-0.2, -0.15) is 0 Å². The number of rotatable bonds is 7. The first-order valence-corrected chi connectivity index (χ1v) is 12.9. The molecular formula is C22H24FN3O4S2. The Morgan fingerprint density at radius 2 is 1.84 bits per heavy atom. The van der Waals surface area contributed by atoms with Crippen molar-refractivity contribution in [2.45, 2.75) is 18.2 Å². The minimum atomic E-state index is -3.63. The summed E-state index contributed by atoms with van der Waals surface area (Å²) in [5.41, 5.74) is 0.915. The van der Waals surface area contributed by atoms with Crippen LogP contribution in [0, 0.1) is 5.82 Å². The molecule has 3 aromatic rings. The van der Waals surface area contributed by atoms with Gasteiger partial charge in [0.1, 0.15) is 11.6 Å². The van der Waals surface area contributed by atoms with Gasteiger partial charge >= 0.3 is 0 Å². The number of amides is 1. The number of piperazine rings is 1. The average molecular weight is 478 g/mol. The van der Waals surface area contributed by atoms with E-state index in [4.69, 9.17) is 9.72 Å². The number of ether oxygens (including phenoxy) is 1. The monoisotopic (exact) mass is 477 g/mol. The number of nitrogens with zero attached hydrogens (tertiary/aromatic N) is 3. The third-order valence-corrected chi connectivity index (χ3v) is 8.13. The van der Waals surface area contributed by atoms with E-state index in [0.717, 1.165) is 33.2 Å². The van der Waals surface area contributed by atoms with Crippen molar-refractivity contribution >= 4 is 42.4 Å². The fraction of sp³-hybridized carbons (Fsp3) is 0.364. The molecule has 0 bridgehead atoms. The molecule has 32 heavy (non-hydrogen) atoms. The number of hydrogen-bond donors (Lipinski definition) is 0. The van der Waals surface area contributed by atoms with Gasteiger partial charge in [0.15, 0.2) is 15.0 Å². The van der Waals surface area contributed by atoms with Crippen molar-refractivity contribution in [1.29, 1.82) is 0 Å². The van der Waals surface area contributed by atoms with Gasteiger partial charge in [0.2, 0.25) is 5.91 Å². The SMILES string of the molecule is CCOc1ccc2nc(N3CCN(C(=O)CCS(=O)(=O)c4ccc(F)cc4)CC3)sc2c1. The third-order valence-electron chi connectivity index (χ3n) is 5.32. The molecule has 1 aliphatic heterocycles. The van der Waals surface area contributed by atoms with Crippen molar-refractivity contribution in [3.63, 3.8) is 0 Å². The first kappa shape index (κ1) is 22.5. The van der Waals surface area contributed by atoms with Crippen LogP contribution in [0.4, 0.5) is 9.52 Å². The van der Waals surface area contributed by atoms with E-state index in [2.05, 4.69) is 4.90 Å². The zero-order valence-corrected chi connectivity index (χ0v) is 19.3. The highest BCUT2D eigenvalue weighted by Crippen LogP contribution is 2.32. The van der Waals surface area contributed by atoms with E-state index in [-0.39, 0.29) is 23.0 Å². The van der Waals surface area contributed by atoms with Gasteiger partial charge in [0.25, 0.3) is 0 Å². The van der Waals surface area contributed by atoms with Crippen LogP contribution in [0.15, 0.2) is 47.4 Å². The molecular weight excluding hydrogens is 453 g/mol. The molecule has 4 rings (SSSR count). The number of hydrogen-bond acceptors (Lipinski definition) is 7. The maximum atomic E-state index is 13.0. The van der Waals surface area contributed by atoms with Crippen LogP contribution in [0.2, 0.25) is 0 Å². The van der Waals surface area contributed by atoms with Crippen molar-refractivity contribution in [1.82, 2.24) is 9.88 Å². The summed E-state index contributed by atoms with van der Waals surface area (Å²) >= 11 is 1.59. The average Bonchev–Trinajstić information content (AvgIpc) is 3.22. The summed E-state index contributed by atoms with van der Waals surface area (Å²) in [4.78, 5) is 21.1. The smallest absolute Gasteiger partial charge is 0.223 e. The largest absolute Gasteiger partial charge is 0.494 e. The van der Waals surface area contributed by atoms with Gasteiger partial charge < -0.3 is 14.5 Å². The van der Waals surface area contributed by atoms with Gasteiger partial charge in [-0.3, -0.25) is 4.79 Å². The van der Waals surface area contributed by atoms with E-state index in [1.54, 1.807) is 16.2 Å². The molecule has 0 spiro atoms. The second-order valence-electron chi connectivity index (χ2n) is 7.45. The molecule has 10 heteroatoms. The Morgan fingerprint density at radius 1 is 1.12 bits per heavy atom. The summed E-state index contributed by atoms with van der Waals surface area (Å²) in [5.74, 6) is -0.166. The van der Waals surface area contributed by atoms with E-state index in [1.165, 1.54) is 12.1 Å². The minimum Gasteiger partial charge on any atom is -0.494 e. The Balaban J connectivity index is 1.32. The number of aromatic nitrogens is 1. The number of carbonyl (C=O) groups is 1. The topological polar surface area (TPSA) is 79.8 Å². The first-order valence-electron chi connectivity index (χ1n) is 10.4. The molecule has 0 N–H and O–H groups in total. The summed E-state index contributed by atoms with van der Waals surface area (Å²) in [7, 11) is -3.63. The molecule has 1 fully saturated rings. The Labute approximate surface area is 190 Å². The summed E-state index contributed by atoms with van der Waals surface area (Å²) in [5, 5.41) is 0.902. The molecule has 0 radical (unpaired) electrons. The molecule has 0 atom stereocenters. The molecule has 0 unspecified atom stereocenters. The second kappa shape index (κ2) is 9.41. The number of halogens is 1. The highest BCUT2D eigenvalue weighted by Gasteiger charge is 2.25. The van der Waals surface area contributed by atoms with Gasteiger partial charge in [-0.15, -0.1) is 0 Å². The van der Waals surface area contributed by atoms with Crippen LogP contribution in [-0.2, 0) is 14.6 Å². The molecule has 1 aliphatic rings. The number of anilines is 1. The van der Waals surface area contributed by atoms with Crippen molar-refractivity contribution in [2.24, 2.45) is 0 Å². The van der Waals surface area contributed by atoms with Crippen LogP contribution in [0.5, 0.6) is 5.75 Å².